The van der Waals surface area contributed by atoms with Crippen LogP contribution in [0.1, 0.15) is 77.5 Å². The molecule has 1 unspecified atom stereocenters. The highest BCUT2D eigenvalue weighted by atomic mass is 28.4. The van der Waals surface area contributed by atoms with E-state index in [4.69, 9.17) is 9.41 Å². The number of hydrogen-bond donors (Lipinski definition) is 1. The lowest BCUT2D eigenvalue weighted by Gasteiger charge is -2.39. The SMILES string of the molecule is Cn1ncc(-c2ccnc(NC3CCCCC3)n2)c1C(O[Si](C)(C)C(C)(C)C)C1CC1. The highest BCUT2D eigenvalue weighted by molar-refractivity contribution is 6.74. The Hall–Kier alpha value is -1.73. The first-order valence-corrected chi connectivity index (χ1v) is 14.9. The predicted octanol–water partition coefficient (Wildman–Crippen LogP) is 6.09. The molecule has 0 saturated heterocycles. The Kier molecular flexibility index (Phi) is 6.27. The van der Waals surface area contributed by atoms with Gasteiger partial charge in [-0.15, -0.1) is 0 Å². The van der Waals surface area contributed by atoms with E-state index in [1.807, 2.05) is 30.2 Å². The van der Waals surface area contributed by atoms with Crippen LogP contribution in [0.5, 0.6) is 0 Å². The van der Waals surface area contributed by atoms with Crippen LogP contribution in [-0.2, 0) is 11.5 Å². The molecule has 170 valence electrons. The van der Waals surface area contributed by atoms with Crippen LogP contribution in [0.15, 0.2) is 18.5 Å². The Labute approximate surface area is 188 Å². The molecule has 2 saturated carbocycles. The Morgan fingerprint density at radius 3 is 2.48 bits per heavy atom. The Morgan fingerprint density at radius 2 is 1.84 bits per heavy atom. The molecule has 4 rings (SSSR count). The molecule has 2 heterocycles. The molecule has 0 spiro atoms. The summed E-state index contributed by atoms with van der Waals surface area (Å²) in [4.78, 5) is 9.40. The van der Waals surface area contributed by atoms with Gasteiger partial charge >= 0.3 is 0 Å². The fourth-order valence-corrected chi connectivity index (χ4v) is 5.55. The molecule has 0 radical (unpaired) electrons. The van der Waals surface area contributed by atoms with Gasteiger partial charge in [0.2, 0.25) is 5.95 Å². The van der Waals surface area contributed by atoms with E-state index in [2.05, 4.69) is 49.3 Å². The van der Waals surface area contributed by atoms with Crippen molar-refractivity contribution in [1.29, 1.82) is 0 Å². The number of nitrogens with one attached hydrogen (secondary N) is 1. The zero-order chi connectivity index (χ0) is 22.2. The van der Waals surface area contributed by atoms with Crippen LogP contribution in [0.3, 0.4) is 0 Å². The summed E-state index contributed by atoms with van der Waals surface area (Å²) in [6.45, 7) is 11.6. The van der Waals surface area contributed by atoms with Gasteiger partial charge in [-0.1, -0.05) is 40.0 Å². The average molecular weight is 442 g/mol. The van der Waals surface area contributed by atoms with Gasteiger partial charge in [0.25, 0.3) is 0 Å². The average Bonchev–Trinajstić information content (AvgIpc) is 3.48. The first-order chi connectivity index (χ1) is 14.7. The van der Waals surface area contributed by atoms with Crippen LogP contribution in [-0.4, -0.2) is 34.1 Å². The van der Waals surface area contributed by atoms with E-state index >= 15 is 0 Å². The molecule has 0 aromatic carbocycles. The summed E-state index contributed by atoms with van der Waals surface area (Å²) in [7, 11) is 0.113. The number of nitrogens with zero attached hydrogens (tertiary/aromatic N) is 4. The third-order valence-electron chi connectivity index (χ3n) is 7.40. The molecule has 7 heteroatoms. The lowest BCUT2D eigenvalue weighted by molar-refractivity contribution is 0.152. The summed E-state index contributed by atoms with van der Waals surface area (Å²) in [6, 6.07) is 2.49. The lowest BCUT2D eigenvalue weighted by atomic mass is 9.96. The molecule has 1 atom stereocenters. The van der Waals surface area contributed by atoms with Gasteiger partial charge in [0.15, 0.2) is 8.32 Å². The van der Waals surface area contributed by atoms with Gasteiger partial charge in [0.05, 0.1) is 23.7 Å². The number of hydrogen-bond acceptors (Lipinski definition) is 5. The van der Waals surface area contributed by atoms with Crippen LogP contribution >= 0.6 is 0 Å². The number of anilines is 1. The monoisotopic (exact) mass is 441 g/mol. The molecule has 31 heavy (non-hydrogen) atoms. The second kappa shape index (κ2) is 8.66. The third kappa shape index (κ3) is 5.03. The Bertz CT molecular complexity index is 894. The topological polar surface area (TPSA) is 64.9 Å². The largest absolute Gasteiger partial charge is 0.408 e. The van der Waals surface area contributed by atoms with Crippen molar-refractivity contribution in [2.24, 2.45) is 13.0 Å². The van der Waals surface area contributed by atoms with Crippen molar-refractivity contribution in [3.8, 4) is 11.3 Å². The third-order valence-corrected chi connectivity index (χ3v) is 11.9. The standard InChI is InChI=1S/C24H39N5OSi/c1-24(2,3)31(5,6)30-22(17-12-13-17)21-19(16-26-29(21)4)20-14-15-25-23(28-20)27-18-10-8-7-9-11-18/h14-18,22H,7-13H2,1-6H3,(H,25,27,28). The van der Waals surface area contributed by atoms with Crippen molar-refractivity contribution in [2.45, 2.75) is 96.0 Å². The molecule has 2 aliphatic carbocycles. The second-order valence-corrected chi connectivity index (χ2v) is 15.7. The summed E-state index contributed by atoms with van der Waals surface area (Å²) in [6.07, 6.45) is 12.7. The predicted molar refractivity (Wildman–Crippen MR) is 128 cm³/mol. The summed E-state index contributed by atoms with van der Waals surface area (Å²) < 4.78 is 8.99. The molecule has 2 aliphatic rings. The molecule has 2 aromatic rings. The maximum absolute atomic E-state index is 6.98. The first kappa shape index (κ1) is 22.5. The van der Waals surface area contributed by atoms with E-state index in [-0.39, 0.29) is 11.1 Å². The molecular weight excluding hydrogens is 402 g/mol. The van der Waals surface area contributed by atoms with Crippen LogP contribution < -0.4 is 5.32 Å². The summed E-state index contributed by atoms with van der Waals surface area (Å²) in [5.74, 6) is 1.30. The molecule has 0 aliphatic heterocycles. The molecule has 0 amide bonds. The molecule has 1 N–H and O–H groups in total. The van der Waals surface area contributed by atoms with Crippen LogP contribution in [0.2, 0.25) is 18.1 Å². The van der Waals surface area contributed by atoms with Gasteiger partial charge in [-0.3, -0.25) is 4.68 Å². The number of aryl methyl sites for hydroxylation is 1. The van der Waals surface area contributed by atoms with Crippen molar-refractivity contribution < 1.29 is 4.43 Å². The fraction of sp³-hybridized carbons (Fsp3) is 0.708. The number of aromatic nitrogens is 4. The summed E-state index contributed by atoms with van der Waals surface area (Å²) in [5, 5.41) is 8.37. The maximum atomic E-state index is 6.98. The first-order valence-electron chi connectivity index (χ1n) is 12.0. The summed E-state index contributed by atoms with van der Waals surface area (Å²) in [5.41, 5.74) is 3.17. The Balaban J connectivity index is 1.63. The summed E-state index contributed by atoms with van der Waals surface area (Å²) >= 11 is 0. The minimum Gasteiger partial charge on any atom is -0.408 e. The van der Waals surface area contributed by atoms with Crippen molar-refractivity contribution in [3.63, 3.8) is 0 Å². The van der Waals surface area contributed by atoms with E-state index in [1.165, 1.54) is 44.9 Å². The van der Waals surface area contributed by atoms with Gasteiger partial charge < -0.3 is 9.74 Å². The van der Waals surface area contributed by atoms with E-state index < -0.39 is 8.32 Å². The highest BCUT2D eigenvalue weighted by Gasteiger charge is 2.45. The molecule has 2 fully saturated rings. The van der Waals surface area contributed by atoms with Gasteiger partial charge in [-0.05, 0) is 55.8 Å². The number of rotatable bonds is 7. The maximum Gasteiger partial charge on any atom is 0.223 e. The Morgan fingerprint density at radius 1 is 1.13 bits per heavy atom. The van der Waals surface area contributed by atoms with Gasteiger partial charge in [0, 0.05) is 24.8 Å². The lowest BCUT2D eigenvalue weighted by Crippen LogP contribution is -2.42. The van der Waals surface area contributed by atoms with Gasteiger partial charge in [-0.25, -0.2) is 9.97 Å². The van der Waals surface area contributed by atoms with Crippen LogP contribution in [0.4, 0.5) is 5.95 Å². The van der Waals surface area contributed by atoms with Crippen LogP contribution in [0, 0.1) is 5.92 Å². The van der Waals surface area contributed by atoms with E-state index in [0.29, 0.717) is 12.0 Å². The van der Waals surface area contributed by atoms with Crippen molar-refractivity contribution >= 4 is 14.3 Å². The minimum absolute atomic E-state index is 0.0770. The van der Waals surface area contributed by atoms with E-state index in [9.17, 15) is 0 Å². The smallest absolute Gasteiger partial charge is 0.223 e. The zero-order valence-corrected chi connectivity index (χ0v) is 21.1. The molecule has 6 nitrogen and oxygen atoms in total. The second-order valence-electron chi connectivity index (χ2n) is 10.9. The van der Waals surface area contributed by atoms with Gasteiger partial charge in [-0.2, -0.15) is 5.10 Å². The fourth-order valence-electron chi connectivity index (χ4n) is 4.26. The van der Waals surface area contributed by atoms with Crippen molar-refractivity contribution in [3.05, 3.63) is 24.2 Å². The van der Waals surface area contributed by atoms with Crippen LogP contribution in [0.25, 0.3) is 11.3 Å². The highest BCUT2D eigenvalue weighted by Crippen LogP contribution is 2.49. The normalized spacial score (nSPS) is 19.4. The quantitative estimate of drug-likeness (QED) is 0.526. The molecular formula is C24H39N5OSi. The van der Waals surface area contributed by atoms with Crippen molar-refractivity contribution in [1.82, 2.24) is 19.7 Å². The zero-order valence-electron chi connectivity index (χ0n) is 20.1. The molecule has 0 bridgehead atoms. The van der Waals surface area contributed by atoms with E-state index in [1.54, 1.807) is 0 Å². The van der Waals surface area contributed by atoms with Gasteiger partial charge in [0.1, 0.15) is 0 Å². The van der Waals surface area contributed by atoms with E-state index in [0.717, 1.165) is 22.9 Å². The van der Waals surface area contributed by atoms with Crippen molar-refractivity contribution in [2.75, 3.05) is 5.32 Å². The minimum atomic E-state index is -1.92. The molecule has 2 aromatic heterocycles.